The van der Waals surface area contributed by atoms with Gasteiger partial charge in [-0.1, -0.05) is 100 Å². The summed E-state index contributed by atoms with van der Waals surface area (Å²) in [5.41, 5.74) is 7.52. The minimum absolute atomic E-state index is 0.477. The van der Waals surface area contributed by atoms with Crippen molar-refractivity contribution in [2.24, 2.45) is 0 Å². The van der Waals surface area contributed by atoms with Crippen molar-refractivity contribution < 1.29 is 0 Å². The molecule has 0 amide bonds. The molecule has 5 aromatic carbocycles. The predicted octanol–water partition coefficient (Wildman–Crippen LogP) is 10.1. The van der Waals surface area contributed by atoms with Crippen LogP contribution in [0.15, 0.2) is 103 Å². The van der Waals surface area contributed by atoms with Crippen LogP contribution >= 0.6 is 0 Å². The number of nitrogens with zero attached hydrogens (tertiary/aromatic N) is 1. The molecule has 1 nitrogen and oxygen atoms in total. The summed E-state index contributed by atoms with van der Waals surface area (Å²) in [7, 11) is 0. The van der Waals surface area contributed by atoms with Gasteiger partial charge in [-0.05, 0) is 85.3 Å². The molecule has 0 atom stereocenters. The van der Waals surface area contributed by atoms with Gasteiger partial charge in [0.15, 0.2) is 0 Å². The van der Waals surface area contributed by atoms with Crippen LogP contribution in [0.2, 0.25) is 0 Å². The molecule has 0 aliphatic carbocycles. The van der Waals surface area contributed by atoms with E-state index in [-0.39, 0.29) is 0 Å². The number of benzene rings is 5. The smallest absolute Gasteiger partial charge is 0.0780 e. The van der Waals surface area contributed by atoms with Crippen molar-refractivity contribution in [3.05, 3.63) is 114 Å². The highest BCUT2D eigenvalue weighted by Crippen LogP contribution is 2.37. The monoisotopic (exact) mass is 465 g/mol. The van der Waals surface area contributed by atoms with Crippen molar-refractivity contribution in [2.75, 3.05) is 0 Å². The van der Waals surface area contributed by atoms with Crippen molar-refractivity contribution >= 4 is 32.3 Å². The lowest BCUT2D eigenvalue weighted by Crippen LogP contribution is -1.96. The van der Waals surface area contributed by atoms with Crippen LogP contribution in [-0.4, -0.2) is 4.98 Å². The fraction of sp³-hybridized carbons (Fsp3) is 0.171. The normalized spacial score (nSPS) is 11.8. The maximum Gasteiger partial charge on any atom is 0.0780 e. The van der Waals surface area contributed by atoms with Gasteiger partial charge in [0.25, 0.3) is 0 Å². The molecule has 1 aromatic heterocycles. The van der Waals surface area contributed by atoms with E-state index < -0.39 is 0 Å². The Morgan fingerprint density at radius 3 is 1.81 bits per heavy atom. The number of fused-ring (bicyclic) bond motifs is 5. The Labute approximate surface area is 213 Å². The minimum atomic E-state index is 0.477. The number of pyridine rings is 1. The van der Waals surface area contributed by atoms with Gasteiger partial charge in [0.1, 0.15) is 0 Å². The molecule has 0 unspecified atom stereocenters. The lowest BCUT2D eigenvalue weighted by Gasteiger charge is -2.16. The second-order valence-electron chi connectivity index (χ2n) is 10.5. The number of aromatic nitrogens is 1. The molecule has 6 rings (SSSR count). The first-order valence-electron chi connectivity index (χ1n) is 12.9. The molecule has 176 valence electrons. The van der Waals surface area contributed by atoms with Crippen LogP contribution in [0, 0.1) is 0 Å². The second-order valence-corrected chi connectivity index (χ2v) is 10.5. The highest BCUT2D eigenvalue weighted by atomic mass is 14.7. The number of hydrogen-bond donors (Lipinski definition) is 0. The Kier molecular flexibility index (Phi) is 5.57. The second kappa shape index (κ2) is 8.91. The lowest BCUT2D eigenvalue weighted by atomic mass is 9.90. The highest BCUT2D eigenvalue weighted by Gasteiger charge is 2.14. The van der Waals surface area contributed by atoms with Gasteiger partial charge in [0, 0.05) is 17.1 Å². The first kappa shape index (κ1) is 22.5. The molecule has 0 radical (unpaired) electrons. The zero-order valence-electron chi connectivity index (χ0n) is 21.4. The Bertz CT molecular complexity index is 1700. The molecule has 0 aliphatic heterocycles. The van der Waals surface area contributed by atoms with E-state index in [2.05, 4.69) is 125 Å². The summed E-state index contributed by atoms with van der Waals surface area (Å²) in [5, 5.41) is 7.59. The third-order valence-electron chi connectivity index (χ3n) is 7.45. The fourth-order valence-corrected chi connectivity index (χ4v) is 5.33. The van der Waals surface area contributed by atoms with E-state index in [1.165, 1.54) is 60.1 Å². The van der Waals surface area contributed by atoms with Crippen molar-refractivity contribution in [3.8, 4) is 22.4 Å². The fourth-order valence-electron chi connectivity index (χ4n) is 5.33. The standard InChI is InChI=1S/C35H31N/c1-22(2)27-19-28(23(3)4)21-29(20-27)35-34-15-14-31-30-12-10-25(24-8-6-5-7-9-24)18-26(30)11-13-32(31)33(34)16-17-36-35/h5-23H,1-4H3. The Balaban J connectivity index is 1.55. The predicted molar refractivity (Wildman–Crippen MR) is 156 cm³/mol. The third-order valence-corrected chi connectivity index (χ3v) is 7.45. The molecule has 0 aliphatic rings. The molecule has 0 fully saturated rings. The van der Waals surface area contributed by atoms with Crippen molar-refractivity contribution in [1.29, 1.82) is 0 Å². The molecule has 6 aromatic rings. The molecule has 1 heterocycles. The zero-order valence-corrected chi connectivity index (χ0v) is 21.4. The van der Waals surface area contributed by atoms with E-state index in [1.54, 1.807) is 0 Å². The number of rotatable bonds is 4. The summed E-state index contributed by atoms with van der Waals surface area (Å²) in [6.07, 6.45) is 1.97. The molecule has 0 spiro atoms. The van der Waals surface area contributed by atoms with Crippen LogP contribution in [0.25, 0.3) is 54.7 Å². The summed E-state index contributed by atoms with van der Waals surface area (Å²) >= 11 is 0. The molecule has 0 bridgehead atoms. The van der Waals surface area contributed by atoms with Crippen LogP contribution in [0.5, 0.6) is 0 Å². The molecule has 0 saturated carbocycles. The van der Waals surface area contributed by atoms with Gasteiger partial charge in [-0.2, -0.15) is 0 Å². The van der Waals surface area contributed by atoms with Crippen molar-refractivity contribution in [1.82, 2.24) is 4.98 Å². The third kappa shape index (κ3) is 3.85. The van der Waals surface area contributed by atoms with Gasteiger partial charge in [-0.15, -0.1) is 0 Å². The van der Waals surface area contributed by atoms with Crippen LogP contribution in [0.1, 0.15) is 50.7 Å². The van der Waals surface area contributed by atoms with E-state index in [9.17, 15) is 0 Å². The topological polar surface area (TPSA) is 12.9 Å². The van der Waals surface area contributed by atoms with E-state index in [0.717, 1.165) is 5.69 Å². The van der Waals surface area contributed by atoms with Crippen LogP contribution in [0.3, 0.4) is 0 Å². The first-order chi connectivity index (χ1) is 17.5. The minimum Gasteiger partial charge on any atom is -0.256 e. The summed E-state index contributed by atoms with van der Waals surface area (Å²) in [6.45, 7) is 9.06. The molecular weight excluding hydrogens is 434 g/mol. The van der Waals surface area contributed by atoms with Gasteiger partial charge < -0.3 is 0 Å². The van der Waals surface area contributed by atoms with Crippen LogP contribution in [0.4, 0.5) is 0 Å². The Morgan fingerprint density at radius 2 is 1.08 bits per heavy atom. The summed E-state index contributed by atoms with van der Waals surface area (Å²) in [5.74, 6) is 0.954. The van der Waals surface area contributed by atoms with Gasteiger partial charge in [0.05, 0.1) is 5.69 Å². The molecule has 0 saturated heterocycles. The average molecular weight is 466 g/mol. The first-order valence-corrected chi connectivity index (χ1v) is 12.9. The Morgan fingerprint density at radius 1 is 0.472 bits per heavy atom. The SMILES string of the molecule is CC(C)c1cc(-c2nccc3c2ccc2c4ccc(-c5ccccc5)cc4ccc32)cc(C(C)C)c1. The molecule has 0 N–H and O–H groups in total. The molecule has 36 heavy (non-hydrogen) atoms. The maximum absolute atomic E-state index is 4.89. The van der Waals surface area contributed by atoms with E-state index in [0.29, 0.717) is 11.8 Å². The van der Waals surface area contributed by atoms with Crippen molar-refractivity contribution in [3.63, 3.8) is 0 Å². The summed E-state index contributed by atoms with van der Waals surface area (Å²) < 4.78 is 0. The largest absolute Gasteiger partial charge is 0.256 e. The van der Waals surface area contributed by atoms with Gasteiger partial charge >= 0.3 is 0 Å². The average Bonchev–Trinajstić information content (AvgIpc) is 2.92. The van der Waals surface area contributed by atoms with E-state index in [1.807, 2.05) is 6.20 Å². The molecule has 1 heteroatoms. The lowest BCUT2D eigenvalue weighted by molar-refractivity contribution is 0.834. The summed E-state index contributed by atoms with van der Waals surface area (Å²) in [6, 6.07) is 35.7. The van der Waals surface area contributed by atoms with Gasteiger partial charge in [-0.25, -0.2) is 0 Å². The highest BCUT2D eigenvalue weighted by molar-refractivity contribution is 6.19. The maximum atomic E-state index is 4.89. The molecular formula is C35H31N. The number of hydrogen-bond acceptors (Lipinski definition) is 1. The van der Waals surface area contributed by atoms with E-state index in [4.69, 9.17) is 4.98 Å². The van der Waals surface area contributed by atoms with Gasteiger partial charge in [0.2, 0.25) is 0 Å². The Hall–Kier alpha value is -3.97. The van der Waals surface area contributed by atoms with E-state index >= 15 is 0 Å². The van der Waals surface area contributed by atoms with Crippen LogP contribution < -0.4 is 0 Å². The quantitative estimate of drug-likeness (QED) is 0.236. The van der Waals surface area contributed by atoms with Crippen LogP contribution in [-0.2, 0) is 0 Å². The van der Waals surface area contributed by atoms with Gasteiger partial charge in [-0.3, -0.25) is 4.98 Å². The van der Waals surface area contributed by atoms with Crippen molar-refractivity contribution in [2.45, 2.75) is 39.5 Å². The summed E-state index contributed by atoms with van der Waals surface area (Å²) in [4.78, 5) is 4.89. The zero-order chi connectivity index (χ0) is 24.8.